The average molecular weight is 247 g/mol. The lowest BCUT2D eigenvalue weighted by Crippen LogP contribution is -2.45. The van der Waals surface area contributed by atoms with Gasteiger partial charge in [-0.3, -0.25) is 0 Å². The molecule has 1 N–H and O–H groups in total. The molecule has 0 amide bonds. The second kappa shape index (κ2) is 5.31. The maximum absolute atomic E-state index is 10.5. The Morgan fingerprint density at radius 3 is 2.72 bits per heavy atom. The van der Waals surface area contributed by atoms with Gasteiger partial charge in [-0.1, -0.05) is 32.0 Å². The number of β-amino-alcohol motifs (C(OH)–C–C–N with tert-alkyl or cyclic N) is 1. The molecule has 0 fully saturated rings. The first-order valence-electron chi connectivity index (χ1n) is 7.06. The summed E-state index contributed by atoms with van der Waals surface area (Å²) in [6.07, 6.45) is 3.62. The Morgan fingerprint density at radius 2 is 2.00 bits per heavy atom. The van der Waals surface area contributed by atoms with Crippen molar-refractivity contribution in [1.82, 2.24) is 0 Å². The second-order valence-corrected chi connectivity index (χ2v) is 6.02. The number of hydrogen-bond donors (Lipinski definition) is 1. The van der Waals surface area contributed by atoms with E-state index in [-0.39, 0.29) is 5.92 Å². The molecule has 0 aromatic heterocycles. The molecule has 2 heteroatoms. The fourth-order valence-electron chi connectivity index (χ4n) is 2.50. The summed E-state index contributed by atoms with van der Waals surface area (Å²) in [4.78, 5) is 2.36. The van der Waals surface area contributed by atoms with E-state index in [9.17, 15) is 5.11 Å². The molecule has 1 aromatic rings. The zero-order valence-corrected chi connectivity index (χ0v) is 11.8. The van der Waals surface area contributed by atoms with E-state index in [1.165, 1.54) is 24.1 Å². The van der Waals surface area contributed by atoms with E-state index >= 15 is 0 Å². The quantitative estimate of drug-likeness (QED) is 0.886. The summed E-state index contributed by atoms with van der Waals surface area (Å²) >= 11 is 0. The standard InChI is InChI=1S/C16H25NO/c1-13(2)16(3,18)12-17-11-7-6-9-14-8-4-5-10-15(14)17/h4-5,8,10,13,18H,6-7,9,11-12H2,1-3H3. The van der Waals surface area contributed by atoms with E-state index < -0.39 is 5.60 Å². The van der Waals surface area contributed by atoms with Gasteiger partial charge < -0.3 is 10.0 Å². The molecule has 1 aromatic carbocycles. The van der Waals surface area contributed by atoms with Crippen molar-refractivity contribution in [2.24, 2.45) is 5.92 Å². The van der Waals surface area contributed by atoms with Gasteiger partial charge in [0.05, 0.1) is 5.60 Å². The predicted octanol–water partition coefficient (Wildman–Crippen LogP) is 3.24. The van der Waals surface area contributed by atoms with Crippen molar-refractivity contribution >= 4 is 5.69 Å². The molecule has 1 heterocycles. The zero-order chi connectivity index (χ0) is 13.2. The average Bonchev–Trinajstić information content (AvgIpc) is 2.52. The van der Waals surface area contributed by atoms with Crippen molar-refractivity contribution in [3.05, 3.63) is 29.8 Å². The number of anilines is 1. The van der Waals surface area contributed by atoms with Gasteiger partial charge in [0.15, 0.2) is 0 Å². The molecule has 0 bridgehead atoms. The number of aliphatic hydroxyl groups is 1. The molecule has 1 unspecified atom stereocenters. The lowest BCUT2D eigenvalue weighted by Gasteiger charge is -2.35. The highest BCUT2D eigenvalue weighted by Crippen LogP contribution is 2.29. The number of fused-ring (bicyclic) bond motifs is 1. The van der Waals surface area contributed by atoms with Crippen molar-refractivity contribution in [2.45, 2.75) is 45.6 Å². The Morgan fingerprint density at radius 1 is 1.28 bits per heavy atom. The minimum Gasteiger partial charge on any atom is -0.388 e. The highest BCUT2D eigenvalue weighted by Gasteiger charge is 2.29. The minimum atomic E-state index is -0.628. The van der Waals surface area contributed by atoms with E-state index in [0.29, 0.717) is 0 Å². The summed E-state index contributed by atoms with van der Waals surface area (Å²) in [6, 6.07) is 8.62. The molecule has 18 heavy (non-hydrogen) atoms. The van der Waals surface area contributed by atoms with Crippen LogP contribution >= 0.6 is 0 Å². The van der Waals surface area contributed by atoms with Crippen LogP contribution in [0.2, 0.25) is 0 Å². The molecule has 1 aliphatic rings. The molecule has 2 nitrogen and oxygen atoms in total. The summed E-state index contributed by atoms with van der Waals surface area (Å²) in [7, 11) is 0. The van der Waals surface area contributed by atoms with E-state index in [1.807, 2.05) is 6.92 Å². The van der Waals surface area contributed by atoms with Crippen LogP contribution in [0.5, 0.6) is 0 Å². The lowest BCUT2D eigenvalue weighted by atomic mass is 9.91. The summed E-state index contributed by atoms with van der Waals surface area (Å²) in [5, 5.41) is 10.5. The Hall–Kier alpha value is -1.02. The van der Waals surface area contributed by atoms with Gasteiger partial charge in [0.1, 0.15) is 0 Å². The summed E-state index contributed by atoms with van der Waals surface area (Å²) < 4.78 is 0. The molecule has 0 spiro atoms. The highest BCUT2D eigenvalue weighted by molar-refractivity contribution is 5.54. The van der Waals surface area contributed by atoms with Crippen LogP contribution in [0.25, 0.3) is 0 Å². The second-order valence-electron chi connectivity index (χ2n) is 6.02. The minimum absolute atomic E-state index is 0.271. The SMILES string of the molecule is CC(C)C(C)(O)CN1CCCCc2ccccc21. The van der Waals surface area contributed by atoms with E-state index in [0.717, 1.165) is 19.5 Å². The first-order chi connectivity index (χ1) is 8.50. The fraction of sp³-hybridized carbons (Fsp3) is 0.625. The van der Waals surface area contributed by atoms with Crippen LogP contribution in [0.3, 0.4) is 0 Å². The van der Waals surface area contributed by atoms with Gasteiger partial charge in [-0.25, -0.2) is 0 Å². The van der Waals surface area contributed by atoms with E-state index in [2.05, 4.69) is 43.0 Å². The van der Waals surface area contributed by atoms with Gasteiger partial charge in [-0.05, 0) is 43.7 Å². The molecular weight excluding hydrogens is 222 g/mol. The van der Waals surface area contributed by atoms with Crippen molar-refractivity contribution in [3.63, 3.8) is 0 Å². The van der Waals surface area contributed by atoms with E-state index in [1.54, 1.807) is 0 Å². The van der Waals surface area contributed by atoms with Crippen molar-refractivity contribution < 1.29 is 5.11 Å². The van der Waals surface area contributed by atoms with Gasteiger partial charge in [0.25, 0.3) is 0 Å². The molecule has 0 aliphatic carbocycles. The number of para-hydroxylation sites is 1. The third kappa shape index (κ3) is 2.86. The molecule has 0 saturated carbocycles. The number of rotatable bonds is 3. The normalized spacial score (nSPS) is 19.3. The monoisotopic (exact) mass is 247 g/mol. The van der Waals surface area contributed by atoms with Crippen LogP contribution in [-0.4, -0.2) is 23.8 Å². The summed E-state index contributed by atoms with van der Waals surface area (Å²) in [5.74, 6) is 0.271. The maximum Gasteiger partial charge on any atom is 0.0816 e. The Labute approximate surface area is 111 Å². The van der Waals surface area contributed by atoms with Crippen LogP contribution in [0, 0.1) is 5.92 Å². The first-order valence-corrected chi connectivity index (χ1v) is 7.06. The Kier molecular flexibility index (Phi) is 3.96. The molecule has 2 rings (SSSR count). The molecule has 0 radical (unpaired) electrons. The number of aryl methyl sites for hydroxylation is 1. The summed E-state index contributed by atoms with van der Waals surface area (Å²) in [5.41, 5.74) is 2.11. The number of benzene rings is 1. The maximum atomic E-state index is 10.5. The van der Waals surface area contributed by atoms with E-state index in [4.69, 9.17) is 0 Å². The van der Waals surface area contributed by atoms with Crippen LogP contribution < -0.4 is 4.90 Å². The zero-order valence-electron chi connectivity index (χ0n) is 11.8. The van der Waals surface area contributed by atoms with Crippen LogP contribution in [0.15, 0.2) is 24.3 Å². The fourth-order valence-corrected chi connectivity index (χ4v) is 2.50. The molecule has 100 valence electrons. The van der Waals surface area contributed by atoms with Gasteiger partial charge in [-0.2, -0.15) is 0 Å². The smallest absolute Gasteiger partial charge is 0.0816 e. The largest absolute Gasteiger partial charge is 0.388 e. The van der Waals surface area contributed by atoms with Crippen molar-refractivity contribution in [3.8, 4) is 0 Å². The van der Waals surface area contributed by atoms with Crippen LogP contribution in [-0.2, 0) is 6.42 Å². The van der Waals surface area contributed by atoms with Crippen molar-refractivity contribution in [1.29, 1.82) is 0 Å². The summed E-state index contributed by atoms with van der Waals surface area (Å²) in [6.45, 7) is 7.90. The predicted molar refractivity (Wildman–Crippen MR) is 77.1 cm³/mol. The van der Waals surface area contributed by atoms with Crippen LogP contribution in [0.4, 0.5) is 5.69 Å². The third-order valence-corrected chi connectivity index (χ3v) is 4.21. The Bertz CT molecular complexity index is 398. The van der Waals surface area contributed by atoms with Gasteiger partial charge in [0, 0.05) is 18.8 Å². The van der Waals surface area contributed by atoms with Gasteiger partial charge in [-0.15, -0.1) is 0 Å². The Balaban J connectivity index is 2.23. The number of nitrogens with zero attached hydrogens (tertiary/aromatic N) is 1. The lowest BCUT2D eigenvalue weighted by molar-refractivity contribution is 0.0206. The first kappa shape index (κ1) is 13.4. The number of hydrogen-bond acceptors (Lipinski definition) is 2. The van der Waals surface area contributed by atoms with Crippen LogP contribution in [0.1, 0.15) is 39.2 Å². The van der Waals surface area contributed by atoms with Gasteiger partial charge >= 0.3 is 0 Å². The molecule has 1 atom stereocenters. The molecule has 1 aliphatic heterocycles. The molecule has 0 saturated heterocycles. The molecular formula is C16H25NO. The van der Waals surface area contributed by atoms with Gasteiger partial charge in [0.2, 0.25) is 0 Å². The highest BCUT2D eigenvalue weighted by atomic mass is 16.3. The topological polar surface area (TPSA) is 23.5 Å². The third-order valence-electron chi connectivity index (χ3n) is 4.21. The van der Waals surface area contributed by atoms with Crippen molar-refractivity contribution in [2.75, 3.05) is 18.0 Å².